The molecule has 0 aromatic heterocycles. The molecule has 0 aliphatic rings. The normalized spacial score (nSPS) is 11.7. The monoisotopic (exact) mass is 335 g/mol. The summed E-state index contributed by atoms with van der Waals surface area (Å²) >= 11 is 0. The van der Waals surface area contributed by atoms with Crippen LogP contribution in [0.15, 0.2) is 78.9 Å². The Morgan fingerprint density at radius 3 is 2.32 bits per heavy atom. The standard InChI is InChI=1S/C20H17NO4/c22-20(17-7-4-8-18(13-17)21(23)24)16-9-11-19(12-10-16)25-14-15-5-2-1-3-6-15/h1-13,20,22H,14H2. The van der Waals surface area contributed by atoms with Crippen LogP contribution in [0.25, 0.3) is 0 Å². The first-order chi connectivity index (χ1) is 12.1. The van der Waals surface area contributed by atoms with Crippen molar-refractivity contribution in [2.45, 2.75) is 12.7 Å². The summed E-state index contributed by atoms with van der Waals surface area (Å²) in [5, 5.41) is 21.3. The number of benzene rings is 3. The quantitative estimate of drug-likeness (QED) is 0.540. The summed E-state index contributed by atoms with van der Waals surface area (Å²) in [4.78, 5) is 10.4. The van der Waals surface area contributed by atoms with Gasteiger partial charge < -0.3 is 9.84 Å². The van der Waals surface area contributed by atoms with Crippen molar-refractivity contribution in [2.24, 2.45) is 0 Å². The Labute approximate surface area is 145 Å². The third-order valence-corrected chi connectivity index (χ3v) is 3.84. The van der Waals surface area contributed by atoms with Crippen LogP contribution in [-0.4, -0.2) is 10.0 Å². The van der Waals surface area contributed by atoms with E-state index < -0.39 is 11.0 Å². The van der Waals surface area contributed by atoms with Gasteiger partial charge in [0.15, 0.2) is 0 Å². The van der Waals surface area contributed by atoms with Crippen LogP contribution in [0.5, 0.6) is 5.75 Å². The number of hydrogen-bond donors (Lipinski definition) is 1. The highest BCUT2D eigenvalue weighted by molar-refractivity contribution is 5.40. The fraction of sp³-hybridized carbons (Fsp3) is 0.100. The Morgan fingerprint density at radius 2 is 1.64 bits per heavy atom. The summed E-state index contributed by atoms with van der Waals surface area (Å²) in [7, 11) is 0. The number of aliphatic hydroxyl groups is 1. The molecule has 3 aromatic rings. The Bertz CT molecular complexity index is 847. The van der Waals surface area contributed by atoms with Crippen molar-refractivity contribution in [1.29, 1.82) is 0 Å². The zero-order valence-electron chi connectivity index (χ0n) is 13.4. The van der Waals surface area contributed by atoms with E-state index in [1.165, 1.54) is 12.1 Å². The zero-order valence-corrected chi connectivity index (χ0v) is 13.4. The Morgan fingerprint density at radius 1 is 0.920 bits per heavy atom. The maximum absolute atomic E-state index is 10.9. The van der Waals surface area contributed by atoms with E-state index >= 15 is 0 Å². The van der Waals surface area contributed by atoms with E-state index in [1.54, 1.807) is 36.4 Å². The molecule has 5 nitrogen and oxygen atoms in total. The second-order valence-electron chi connectivity index (χ2n) is 5.60. The van der Waals surface area contributed by atoms with Gasteiger partial charge in [0.05, 0.1) is 4.92 Å². The van der Waals surface area contributed by atoms with Crippen molar-refractivity contribution in [3.8, 4) is 5.75 Å². The highest BCUT2D eigenvalue weighted by atomic mass is 16.6. The first-order valence-corrected chi connectivity index (χ1v) is 7.82. The number of rotatable bonds is 6. The van der Waals surface area contributed by atoms with Crippen molar-refractivity contribution in [1.82, 2.24) is 0 Å². The van der Waals surface area contributed by atoms with E-state index in [-0.39, 0.29) is 5.69 Å². The molecule has 126 valence electrons. The van der Waals surface area contributed by atoms with Crippen LogP contribution in [0.1, 0.15) is 22.8 Å². The molecule has 0 aliphatic heterocycles. The van der Waals surface area contributed by atoms with Gasteiger partial charge in [-0.1, -0.05) is 54.6 Å². The van der Waals surface area contributed by atoms with E-state index in [0.717, 1.165) is 5.56 Å². The first kappa shape index (κ1) is 16.7. The largest absolute Gasteiger partial charge is 0.489 e. The lowest BCUT2D eigenvalue weighted by atomic mass is 10.0. The molecule has 0 bridgehead atoms. The molecule has 0 heterocycles. The van der Waals surface area contributed by atoms with E-state index in [1.807, 2.05) is 30.3 Å². The van der Waals surface area contributed by atoms with E-state index in [4.69, 9.17) is 4.74 Å². The smallest absolute Gasteiger partial charge is 0.269 e. The summed E-state index contributed by atoms with van der Waals surface area (Å²) in [6, 6.07) is 22.9. The summed E-state index contributed by atoms with van der Waals surface area (Å²) in [6.45, 7) is 0.466. The van der Waals surface area contributed by atoms with Gasteiger partial charge in [0.1, 0.15) is 18.5 Å². The van der Waals surface area contributed by atoms with Crippen molar-refractivity contribution in [2.75, 3.05) is 0 Å². The SMILES string of the molecule is O=[N+]([O-])c1cccc(C(O)c2ccc(OCc3ccccc3)cc2)c1. The van der Waals surface area contributed by atoms with Gasteiger partial charge in [-0.15, -0.1) is 0 Å². The molecule has 0 radical (unpaired) electrons. The van der Waals surface area contributed by atoms with Gasteiger partial charge in [0.2, 0.25) is 0 Å². The molecule has 0 saturated carbocycles. The lowest BCUT2D eigenvalue weighted by Gasteiger charge is -2.12. The van der Waals surface area contributed by atoms with Gasteiger partial charge in [0.25, 0.3) is 5.69 Å². The number of ether oxygens (including phenoxy) is 1. The molecule has 0 spiro atoms. The van der Waals surface area contributed by atoms with Crippen molar-refractivity contribution in [3.63, 3.8) is 0 Å². The minimum absolute atomic E-state index is 0.0423. The molecule has 5 heteroatoms. The topological polar surface area (TPSA) is 72.6 Å². The summed E-state index contributed by atoms with van der Waals surface area (Å²) in [6.07, 6.45) is -0.928. The number of aliphatic hydroxyl groups excluding tert-OH is 1. The van der Waals surface area contributed by atoms with Gasteiger partial charge in [-0.05, 0) is 28.8 Å². The van der Waals surface area contributed by atoms with Crippen LogP contribution in [0.2, 0.25) is 0 Å². The molecular formula is C20H17NO4. The molecule has 1 N–H and O–H groups in total. The second kappa shape index (κ2) is 7.59. The predicted molar refractivity (Wildman–Crippen MR) is 94.4 cm³/mol. The lowest BCUT2D eigenvalue weighted by molar-refractivity contribution is -0.385. The summed E-state index contributed by atoms with van der Waals surface area (Å²) in [5.41, 5.74) is 2.15. The highest BCUT2D eigenvalue weighted by Crippen LogP contribution is 2.26. The molecule has 3 rings (SSSR count). The van der Waals surface area contributed by atoms with Crippen LogP contribution in [0.4, 0.5) is 5.69 Å². The number of nitro groups is 1. The van der Waals surface area contributed by atoms with Crippen LogP contribution < -0.4 is 4.74 Å². The number of non-ortho nitro benzene ring substituents is 1. The van der Waals surface area contributed by atoms with Crippen molar-refractivity contribution in [3.05, 3.63) is 106 Å². The third kappa shape index (κ3) is 4.22. The molecule has 25 heavy (non-hydrogen) atoms. The Balaban J connectivity index is 1.69. The minimum Gasteiger partial charge on any atom is -0.489 e. The number of nitrogens with zero attached hydrogens (tertiary/aromatic N) is 1. The van der Waals surface area contributed by atoms with Gasteiger partial charge in [-0.3, -0.25) is 10.1 Å². The Hall–Kier alpha value is -3.18. The van der Waals surface area contributed by atoms with E-state index in [2.05, 4.69) is 0 Å². The molecule has 3 aromatic carbocycles. The maximum atomic E-state index is 10.9. The predicted octanol–water partition coefficient (Wildman–Crippen LogP) is 4.26. The molecule has 1 unspecified atom stereocenters. The van der Waals surface area contributed by atoms with Crippen molar-refractivity contribution < 1.29 is 14.8 Å². The van der Waals surface area contributed by atoms with E-state index in [0.29, 0.717) is 23.5 Å². The van der Waals surface area contributed by atoms with Crippen LogP contribution in [-0.2, 0) is 6.61 Å². The van der Waals surface area contributed by atoms with Crippen molar-refractivity contribution >= 4 is 5.69 Å². The first-order valence-electron chi connectivity index (χ1n) is 7.82. The molecular weight excluding hydrogens is 318 g/mol. The molecule has 0 saturated heterocycles. The van der Waals surface area contributed by atoms with Gasteiger partial charge in [-0.25, -0.2) is 0 Å². The minimum atomic E-state index is -0.928. The molecule has 0 aliphatic carbocycles. The van der Waals surface area contributed by atoms with E-state index in [9.17, 15) is 15.2 Å². The Kier molecular flexibility index (Phi) is 5.06. The summed E-state index contributed by atoms with van der Waals surface area (Å²) in [5.74, 6) is 0.693. The molecule has 0 amide bonds. The second-order valence-corrected chi connectivity index (χ2v) is 5.60. The summed E-state index contributed by atoms with van der Waals surface area (Å²) < 4.78 is 5.71. The van der Waals surface area contributed by atoms with Gasteiger partial charge in [0, 0.05) is 12.1 Å². The molecule has 1 atom stereocenters. The van der Waals surface area contributed by atoms with Gasteiger partial charge >= 0.3 is 0 Å². The van der Waals surface area contributed by atoms with Gasteiger partial charge in [-0.2, -0.15) is 0 Å². The zero-order chi connectivity index (χ0) is 17.6. The van der Waals surface area contributed by atoms with Crippen LogP contribution in [0, 0.1) is 10.1 Å². The average molecular weight is 335 g/mol. The fourth-order valence-corrected chi connectivity index (χ4v) is 2.49. The fourth-order valence-electron chi connectivity index (χ4n) is 2.49. The molecule has 0 fully saturated rings. The number of nitro benzene ring substituents is 1. The van der Waals surface area contributed by atoms with Crippen LogP contribution >= 0.6 is 0 Å². The third-order valence-electron chi connectivity index (χ3n) is 3.84. The maximum Gasteiger partial charge on any atom is 0.269 e. The highest BCUT2D eigenvalue weighted by Gasteiger charge is 2.14. The lowest BCUT2D eigenvalue weighted by Crippen LogP contribution is -2.01. The number of hydrogen-bond acceptors (Lipinski definition) is 4. The van der Waals surface area contributed by atoms with Crippen LogP contribution in [0.3, 0.4) is 0 Å². The average Bonchev–Trinajstić information content (AvgIpc) is 2.67.